The maximum Gasteiger partial charge on any atom is 0.261 e. The molecule has 2 rings (SSSR count). The lowest BCUT2D eigenvalue weighted by Gasteiger charge is -1.92. The van der Waals surface area contributed by atoms with Crippen LogP contribution in [0.1, 0.15) is 24.6 Å². The van der Waals surface area contributed by atoms with E-state index in [1.807, 2.05) is 6.92 Å². The van der Waals surface area contributed by atoms with Crippen LogP contribution in [0, 0.1) is 6.92 Å². The van der Waals surface area contributed by atoms with E-state index >= 15 is 0 Å². The Morgan fingerprint density at radius 3 is 2.79 bits per heavy atom. The summed E-state index contributed by atoms with van der Waals surface area (Å²) >= 11 is 0. The highest BCUT2D eigenvalue weighted by molar-refractivity contribution is 5.54. The summed E-state index contributed by atoms with van der Waals surface area (Å²) in [6.45, 7) is 3.64. The van der Waals surface area contributed by atoms with E-state index in [-0.39, 0.29) is 6.04 Å². The van der Waals surface area contributed by atoms with Crippen LogP contribution in [-0.2, 0) is 0 Å². The zero-order chi connectivity index (χ0) is 10.1. The van der Waals surface area contributed by atoms with Gasteiger partial charge in [0.2, 0.25) is 0 Å². The summed E-state index contributed by atoms with van der Waals surface area (Å²) in [4.78, 5) is 4.15. The lowest BCUT2D eigenvalue weighted by molar-refractivity contribution is 0.417. The molecule has 0 amide bonds. The molecule has 1 atom stereocenters. The van der Waals surface area contributed by atoms with Crippen molar-refractivity contribution >= 4 is 0 Å². The van der Waals surface area contributed by atoms with Crippen molar-refractivity contribution in [2.45, 2.75) is 19.9 Å². The Balaban J connectivity index is 2.39. The number of hydrogen-bond donors (Lipinski definition) is 1. The zero-order valence-corrected chi connectivity index (χ0v) is 8.02. The first-order chi connectivity index (χ1) is 6.68. The van der Waals surface area contributed by atoms with Crippen molar-refractivity contribution in [1.82, 2.24) is 10.1 Å². The summed E-state index contributed by atoms with van der Waals surface area (Å²) in [6.07, 6.45) is 1.58. The van der Waals surface area contributed by atoms with Gasteiger partial charge in [-0.25, -0.2) is 0 Å². The first-order valence-corrected chi connectivity index (χ1v) is 4.32. The van der Waals surface area contributed by atoms with Crippen molar-refractivity contribution in [3.8, 4) is 11.5 Å². The average Bonchev–Trinajstić information content (AvgIpc) is 2.71. The smallest absolute Gasteiger partial charge is 0.261 e. The molecule has 1 unspecified atom stereocenters. The highest BCUT2D eigenvalue weighted by Crippen LogP contribution is 2.22. The van der Waals surface area contributed by atoms with Gasteiger partial charge < -0.3 is 14.7 Å². The van der Waals surface area contributed by atoms with E-state index in [9.17, 15) is 0 Å². The van der Waals surface area contributed by atoms with Gasteiger partial charge in [-0.15, -0.1) is 0 Å². The fourth-order valence-electron chi connectivity index (χ4n) is 1.14. The topological polar surface area (TPSA) is 78.1 Å². The van der Waals surface area contributed by atoms with Crippen molar-refractivity contribution in [1.29, 1.82) is 0 Å². The summed E-state index contributed by atoms with van der Waals surface area (Å²) < 4.78 is 10.2. The predicted molar refractivity (Wildman–Crippen MR) is 49.3 cm³/mol. The molecule has 0 aromatic carbocycles. The molecule has 0 saturated heterocycles. The third kappa shape index (κ3) is 1.42. The van der Waals surface area contributed by atoms with E-state index in [4.69, 9.17) is 14.7 Å². The van der Waals surface area contributed by atoms with E-state index < -0.39 is 0 Å². The van der Waals surface area contributed by atoms with Gasteiger partial charge in [-0.1, -0.05) is 5.16 Å². The minimum atomic E-state index is -0.222. The molecule has 74 valence electrons. The Morgan fingerprint density at radius 1 is 1.50 bits per heavy atom. The predicted octanol–water partition coefficient (Wildman–Crippen LogP) is 1.66. The summed E-state index contributed by atoms with van der Waals surface area (Å²) in [6, 6.07) is 1.56. The molecule has 0 aliphatic rings. The highest BCUT2D eigenvalue weighted by atomic mass is 16.5. The monoisotopic (exact) mass is 193 g/mol. The van der Waals surface area contributed by atoms with Crippen LogP contribution in [0.2, 0.25) is 0 Å². The second-order valence-corrected chi connectivity index (χ2v) is 3.14. The van der Waals surface area contributed by atoms with Gasteiger partial charge in [-0.2, -0.15) is 4.98 Å². The minimum Gasteiger partial charge on any atom is -0.469 e. The number of aromatic nitrogens is 2. The average molecular weight is 193 g/mol. The molecule has 0 aliphatic heterocycles. The van der Waals surface area contributed by atoms with Crippen LogP contribution in [0.4, 0.5) is 0 Å². The van der Waals surface area contributed by atoms with Crippen molar-refractivity contribution < 1.29 is 8.94 Å². The van der Waals surface area contributed by atoms with Crippen LogP contribution < -0.4 is 5.73 Å². The van der Waals surface area contributed by atoms with Crippen LogP contribution in [0.3, 0.4) is 0 Å². The Morgan fingerprint density at radius 2 is 2.29 bits per heavy atom. The quantitative estimate of drug-likeness (QED) is 0.784. The van der Waals surface area contributed by atoms with Crippen molar-refractivity contribution in [3.63, 3.8) is 0 Å². The number of aryl methyl sites for hydroxylation is 1. The lowest BCUT2D eigenvalue weighted by Crippen LogP contribution is -2.06. The maximum absolute atomic E-state index is 5.61. The van der Waals surface area contributed by atoms with Crippen LogP contribution in [0.25, 0.3) is 11.5 Å². The van der Waals surface area contributed by atoms with E-state index in [1.54, 1.807) is 19.3 Å². The number of hydrogen-bond acceptors (Lipinski definition) is 5. The molecule has 2 N–H and O–H groups in total. The van der Waals surface area contributed by atoms with E-state index in [2.05, 4.69) is 10.1 Å². The Hall–Kier alpha value is -1.62. The molecule has 0 aliphatic carbocycles. The number of nitrogens with two attached hydrogens (primary N) is 1. The molecule has 0 radical (unpaired) electrons. The molecule has 0 spiro atoms. The van der Waals surface area contributed by atoms with Gasteiger partial charge in [0.1, 0.15) is 5.76 Å². The maximum atomic E-state index is 5.61. The van der Waals surface area contributed by atoms with E-state index in [0.29, 0.717) is 11.7 Å². The van der Waals surface area contributed by atoms with E-state index in [0.717, 1.165) is 11.3 Å². The molecular weight excluding hydrogens is 182 g/mol. The normalized spacial score (nSPS) is 13.1. The van der Waals surface area contributed by atoms with Gasteiger partial charge in [0.05, 0.1) is 17.9 Å². The SMILES string of the molecule is Cc1occc1-c1nc(C(C)N)no1. The fraction of sp³-hybridized carbons (Fsp3) is 0.333. The van der Waals surface area contributed by atoms with Gasteiger partial charge in [0.15, 0.2) is 5.82 Å². The van der Waals surface area contributed by atoms with Gasteiger partial charge in [-0.05, 0) is 19.9 Å². The summed E-state index contributed by atoms with van der Waals surface area (Å²) in [5.74, 6) is 1.70. The van der Waals surface area contributed by atoms with Crippen LogP contribution in [0.5, 0.6) is 0 Å². The first-order valence-electron chi connectivity index (χ1n) is 4.32. The summed E-state index contributed by atoms with van der Waals surface area (Å²) in [7, 11) is 0. The highest BCUT2D eigenvalue weighted by Gasteiger charge is 2.14. The van der Waals surface area contributed by atoms with Crippen LogP contribution in [0.15, 0.2) is 21.3 Å². The minimum absolute atomic E-state index is 0.222. The van der Waals surface area contributed by atoms with Crippen molar-refractivity contribution in [2.24, 2.45) is 5.73 Å². The Bertz CT molecular complexity index is 431. The molecule has 2 heterocycles. The standard InChI is InChI=1S/C9H11N3O2/c1-5(10)8-11-9(14-12-8)7-3-4-13-6(7)2/h3-5H,10H2,1-2H3. The zero-order valence-electron chi connectivity index (χ0n) is 8.02. The second-order valence-electron chi connectivity index (χ2n) is 3.14. The summed E-state index contributed by atoms with van der Waals surface area (Å²) in [5.41, 5.74) is 6.42. The number of furan rings is 1. The Labute approximate surface area is 80.9 Å². The molecular formula is C9H11N3O2. The van der Waals surface area contributed by atoms with Gasteiger partial charge in [0.25, 0.3) is 5.89 Å². The molecule has 14 heavy (non-hydrogen) atoms. The molecule has 2 aromatic rings. The third-order valence-corrected chi connectivity index (χ3v) is 1.94. The van der Waals surface area contributed by atoms with Crippen molar-refractivity contribution in [3.05, 3.63) is 23.9 Å². The first kappa shape index (κ1) is 8.96. The number of rotatable bonds is 2. The third-order valence-electron chi connectivity index (χ3n) is 1.94. The van der Waals surface area contributed by atoms with Crippen molar-refractivity contribution in [2.75, 3.05) is 0 Å². The van der Waals surface area contributed by atoms with Gasteiger partial charge in [-0.3, -0.25) is 0 Å². The molecule has 5 nitrogen and oxygen atoms in total. The van der Waals surface area contributed by atoms with Gasteiger partial charge >= 0.3 is 0 Å². The molecule has 2 aromatic heterocycles. The lowest BCUT2D eigenvalue weighted by atomic mass is 10.2. The van der Waals surface area contributed by atoms with Crippen LogP contribution in [-0.4, -0.2) is 10.1 Å². The largest absolute Gasteiger partial charge is 0.469 e. The molecule has 5 heteroatoms. The molecule has 0 fully saturated rings. The van der Waals surface area contributed by atoms with E-state index in [1.165, 1.54) is 0 Å². The van der Waals surface area contributed by atoms with Gasteiger partial charge in [0, 0.05) is 0 Å². The molecule has 0 saturated carbocycles. The van der Waals surface area contributed by atoms with Crippen LogP contribution >= 0.6 is 0 Å². The Kier molecular flexibility index (Phi) is 2.09. The second kappa shape index (κ2) is 3.26. The molecule has 0 bridgehead atoms. The fourth-order valence-corrected chi connectivity index (χ4v) is 1.14. The summed E-state index contributed by atoms with van der Waals surface area (Å²) in [5, 5.41) is 3.76. The number of nitrogens with zero attached hydrogens (tertiary/aromatic N) is 2.